The second-order valence-electron chi connectivity index (χ2n) is 4.54. The summed E-state index contributed by atoms with van der Waals surface area (Å²) in [5, 5.41) is 3.52. The topological polar surface area (TPSA) is 21.3 Å². The zero-order valence-corrected chi connectivity index (χ0v) is 10.3. The van der Waals surface area contributed by atoms with E-state index < -0.39 is 0 Å². The third-order valence-corrected chi connectivity index (χ3v) is 2.94. The summed E-state index contributed by atoms with van der Waals surface area (Å²) >= 11 is 0. The van der Waals surface area contributed by atoms with E-state index in [1.165, 1.54) is 18.4 Å². The fourth-order valence-electron chi connectivity index (χ4n) is 1.74. The van der Waals surface area contributed by atoms with E-state index in [-0.39, 0.29) is 0 Å². The Morgan fingerprint density at radius 1 is 1.35 bits per heavy atom. The maximum Gasteiger partial charge on any atom is 0.123 e. The van der Waals surface area contributed by atoms with Crippen molar-refractivity contribution in [2.75, 3.05) is 6.61 Å². The second kappa shape index (κ2) is 6.45. The highest BCUT2D eigenvalue weighted by molar-refractivity contribution is 5.33. The molecule has 0 atom stereocenters. The van der Waals surface area contributed by atoms with Gasteiger partial charge >= 0.3 is 0 Å². The Morgan fingerprint density at radius 3 is 2.94 bits per heavy atom. The summed E-state index contributed by atoms with van der Waals surface area (Å²) < 4.78 is 5.80. The molecule has 0 spiro atoms. The normalized spacial score (nSPS) is 14.6. The van der Waals surface area contributed by atoms with Gasteiger partial charge in [0.25, 0.3) is 0 Å². The predicted molar refractivity (Wildman–Crippen MR) is 71.2 cm³/mol. The summed E-state index contributed by atoms with van der Waals surface area (Å²) in [5.74, 6) is 1.02. The number of rotatable bonds is 8. The number of benzene rings is 1. The molecule has 92 valence electrons. The van der Waals surface area contributed by atoms with Crippen molar-refractivity contribution in [1.82, 2.24) is 5.32 Å². The van der Waals surface area contributed by atoms with E-state index in [0.29, 0.717) is 0 Å². The van der Waals surface area contributed by atoms with Gasteiger partial charge < -0.3 is 10.1 Å². The Kier molecular flexibility index (Phi) is 4.63. The summed E-state index contributed by atoms with van der Waals surface area (Å²) in [6.07, 6.45) is 6.63. The fourth-order valence-corrected chi connectivity index (χ4v) is 1.74. The molecule has 0 amide bonds. The molecule has 0 heterocycles. The number of hydrogen-bond donors (Lipinski definition) is 1. The highest BCUT2D eigenvalue weighted by Gasteiger charge is 2.20. The molecule has 1 N–H and O–H groups in total. The second-order valence-corrected chi connectivity index (χ2v) is 4.54. The molecule has 0 saturated heterocycles. The minimum Gasteiger partial charge on any atom is -0.493 e. The van der Waals surface area contributed by atoms with E-state index in [4.69, 9.17) is 4.74 Å². The molecule has 1 saturated carbocycles. The van der Waals surface area contributed by atoms with Gasteiger partial charge in [-0.2, -0.15) is 0 Å². The van der Waals surface area contributed by atoms with Gasteiger partial charge in [0.2, 0.25) is 0 Å². The molecule has 17 heavy (non-hydrogen) atoms. The molecule has 1 aliphatic carbocycles. The zero-order chi connectivity index (χ0) is 11.9. The number of allylic oxidation sites excluding steroid dienone is 1. The predicted octanol–water partition coefficient (Wildman–Crippen LogP) is 3.28. The number of para-hydroxylation sites is 1. The number of ether oxygens (including phenoxy) is 1. The van der Waals surface area contributed by atoms with Crippen LogP contribution in [0.15, 0.2) is 36.9 Å². The van der Waals surface area contributed by atoms with Crippen molar-refractivity contribution < 1.29 is 4.74 Å². The van der Waals surface area contributed by atoms with E-state index in [1.807, 2.05) is 12.1 Å². The average Bonchev–Trinajstić information content (AvgIpc) is 3.17. The van der Waals surface area contributed by atoms with Crippen LogP contribution in [0.25, 0.3) is 0 Å². The third-order valence-electron chi connectivity index (χ3n) is 2.94. The lowest BCUT2D eigenvalue weighted by Crippen LogP contribution is -2.16. The van der Waals surface area contributed by atoms with Crippen LogP contribution in [0.1, 0.15) is 31.2 Å². The van der Waals surface area contributed by atoms with Crippen molar-refractivity contribution in [1.29, 1.82) is 0 Å². The van der Waals surface area contributed by atoms with E-state index in [9.17, 15) is 0 Å². The first kappa shape index (κ1) is 12.2. The van der Waals surface area contributed by atoms with Gasteiger partial charge in [0.15, 0.2) is 0 Å². The quantitative estimate of drug-likeness (QED) is 0.547. The molecule has 0 unspecified atom stereocenters. The van der Waals surface area contributed by atoms with E-state index in [1.54, 1.807) is 0 Å². The number of hydrogen-bond acceptors (Lipinski definition) is 2. The van der Waals surface area contributed by atoms with E-state index >= 15 is 0 Å². The molecule has 2 rings (SSSR count). The largest absolute Gasteiger partial charge is 0.493 e. The van der Waals surface area contributed by atoms with Crippen LogP contribution in [0, 0.1) is 0 Å². The fraction of sp³-hybridized carbons (Fsp3) is 0.467. The molecule has 1 fully saturated rings. The number of unbranched alkanes of at least 4 members (excludes halogenated alkanes) is 1. The van der Waals surface area contributed by atoms with Crippen molar-refractivity contribution in [3.8, 4) is 5.75 Å². The highest BCUT2D eigenvalue weighted by atomic mass is 16.5. The van der Waals surface area contributed by atoms with Gasteiger partial charge in [-0.15, -0.1) is 6.58 Å². The van der Waals surface area contributed by atoms with Gasteiger partial charge in [-0.25, -0.2) is 0 Å². The van der Waals surface area contributed by atoms with E-state index in [0.717, 1.165) is 37.8 Å². The molecule has 1 aromatic rings. The van der Waals surface area contributed by atoms with Crippen LogP contribution in [0.5, 0.6) is 5.75 Å². The van der Waals surface area contributed by atoms with Crippen LogP contribution >= 0.6 is 0 Å². The average molecular weight is 231 g/mol. The summed E-state index contributed by atoms with van der Waals surface area (Å²) in [6.45, 7) is 5.40. The minimum atomic E-state index is 0.740. The summed E-state index contributed by atoms with van der Waals surface area (Å²) in [6, 6.07) is 9.03. The van der Waals surface area contributed by atoms with Crippen LogP contribution in [-0.4, -0.2) is 12.6 Å². The first-order chi connectivity index (χ1) is 8.40. The molecular formula is C15H21NO. The van der Waals surface area contributed by atoms with E-state index in [2.05, 4.69) is 30.1 Å². The van der Waals surface area contributed by atoms with Crippen molar-refractivity contribution in [2.24, 2.45) is 0 Å². The highest BCUT2D eigenvalue weighted by Crippen LogP contribution is 2.22. The van der Waals surface area contributed by atoms with Crippen LogP contribution in [0.2, 0.25) is 0 Å². The lowest BCUT2D eigenvalue weighted by Gasteiger charge is -2.11. The lowest BCUT2D eigenvalue weighted by atomic mass is 10.2. The third kappa shape index (κ3) is 4.23. The molecule has 2 heteroatoms. The summed E-state index contributed by atoms with van der Waals surface area (Å²) in [7, 11) is 0. The molecule has 0 aliphatic heterocycles. The van der Waals surface area contributed by atoms with Gasteiger partial charge in [-0.3, -0.25) is 0 Å². The number of nitrogens with one attached hydrogen (secondary N) is 1. The van der Waals surface area contributed by atoms with Crippen molar-refractivity contribution in [3.05, 3.63) is 42.5 Å². The van der Waals surface area contributed by atoms with Gasteiger partial charge in [0.1, 0.15) is 5.75 Å². The molecule has 0 radical (unpaired) electrons. The smallest absolute Gasteiger partial charge is 0.123 e. The zero-order valence-electron chi connectivity index (χ0n) is 10.3. The monoisotopic (exact) mass is 231 g/mol. The molecule has 0 bridgehead atoms. The Morgan fingerprint density at radius 2 is 2.18 bits per heavy atom. The Bertz CT molecular complexity index is 358. The Labute approximate surface area is 104 Å². The van der Waals surface area contributed by atoms with Crippen molar-refractivity contribution in [2.45, 2.75) is 38.3 Å². The van der Waals surface area contributed by atoms with Crippen LogP contribution < -0.4 is 10.1 Å². The Hall–Kier alpha value is -1.28. The maximum absolute atomic E-state index is 5.80. The molecule has 0 aromatic heterocycles. The van der Waals surface area contributed by atoms with Crippen LogP contribution in [0.3, 0.4) is 0 Å². The van der Waals surface area contributed by atoms with Crippen LogP contribution in [-0.2, 0) is 6.54 Å². The van der Waals surface area contributed by atoms with Gasteiger partial charge in [-0.1, -0.05) is 24.3 Å². The van der Waals surface area contributed by atoms with Gasteiger partial charge in [0.05, 0.1) is 6.61 Å². The summed E-state index contributed by atoms with van der Waals surface area (Å²) in [4.78, 5) is 0. The van der Waals surface area contributed by atoms with Gasteiger partial charge in [-0.05, 0) is 31.7 Å². The first-order valence-electron chi connectivity index (χ1n) is 6.45. The van der Waals surface area contributed by atoms with Crippen LogP contribution in [0.4, 0.5) is 0 Å². The van der Waals surface area contributed by atoms with Gasteiger partial charge in [0, 0.05) is 18.2 Å². The standard InChI is InChI=1S/C15H21NO/c1-2-3-6-11-17-15-8-5-4-7-13(15)12-16-14-9-10-14/h2,4-5,7-8,14,16H,1,3,6,9-12H2. The molecular weight excluding hydrogens is 210 g/mol. The molecule has 1 aromatic carbocycles. The maximum atomic E-state index is 5.80. The summed E-state index contributed by atoms with van der Waals surface area (Å²) in [5.41, 5.74) is 1.26. The lowest BCUT2D eigenvalue weighted by molar-refractivity contribution is 0.308. The Balaban J connectivity index is 1.82. The van der Waals surface area contributed by atoms with Crippen molar-refractivity contribution >= 4 is 0 Å². The SMILES string of the molecule is C=CCCCOc1ccccc1CNC1CC1. The molecule has 2 nitrogen and oxygen atoms in total. The first-order valence-corrected chi connectivity index (χ1v) is 6.45. The minimum absolute atomic E-state index is 0.740. The molecule has 1 aliphatic rings. The van der Waals surface area contributed by atoms with Crippen molar-refractivity contribution in [3.63, 3.8) is 0 Å².